The average Bonchev–Trinajstić information content (AvgIpc) is 3.20. The maximum atomic E-state index is 11.9. The molecule has 29 heavy (non-hydrogen) atoms. The number of nitro groups is 1. The number of hydrogen-bond acceptors (Lipinski definition) is 7. The van der Waals surface area contributed by atoms with Crippen molar-refractivity contribution in [1.29, 1.82) is 0 Å². The van der Waals surface area contributed by atoms with Gasteiger partial charge in [-0.2, -0.15) is 0 Å². The van der Waals surface area contributed by atoms with Gasteiger partial charge in [-0.15, -0.1) is 0 Å². The van der Waals surface area contributed by atoms with Gasteiger partial charge >= 0.3 is 5.97 Å². The molecule has 148 valence electrons. The molecule has 0 saturated heterocycles. The molecule has 0 bridgehead atoms. The van der Waals surface area contributed by atoms with Gasteiger partial charge in [-0.05, 0) is 42.0 Å². The molecular formula is C20H15ClN2O6. The number of hydrogen-bond donors (Lipinski definition) is 0. The Labute approximate surface area is 170 Å². The zero-order valence-corrected chi connectivity index (χ0v) is 16.0. The normalized spacial score (nSPS) is 10.8. The first-order valence-corrected chi connectivity index (χ1v) is 8.73. The fourth-order valence-electron chi connectivity index (χ4n) is 2.41. The molecule has 0 aliphatic heterocycles. The molecule has 0 aliphatic carbocycles. The summed E-state index contributed by atoms with van der Waals surface area (Å²) >= 11 is 5.75. The molecule has 1 heterocycles. The molecule has 0 spiro atoms. The van der Waals surface area contributed by atoms with Crippen molar-refractivity contribution in [2.75, 3.05) is 7.11 Å². The van der Waals surface area contributed by atoms with Crippen LogP contribution in [0.2, 0.25) is 5.02 Å². The fourth-order valence-corrected chi connectivity index (χ4v) is 2.59. The van der Waals surface area contributed by atoms with E-state index in [1.165, 1.54) is 18.2 Å². The molecule has 3 rings (SSSR count). The molecule has 0 aliphatic rings. The number of rotatable bonds is 7. The Morgan fingerprint density at radius 2 is 2.00 bits per heavy atom. The molecule has 3 aromatic rings. The number of aromatic nitrogens is 1. The maximum absolute atomic E-state index is 11.9. The number of carbonyl (C=O) groups excluding carboxylic acids is 1. The number of halogens is 1. The zero-order chi connectivity index (χ0) is 20.8. The van der Waals surface area contributed by atoms with Gasteiger partial charge in [-0.25, -0.2) is 4.79 Å². The van der Waals surface area contributed by atoms with E-state index in [9.17, 15) is 14.9 Å². The Morgan fingerprint density at radius 3 is 2.69 bits per heavy atom. The van der Waals surface area contributed by atoms with Gasteiger partial charge in [0.1, 0.15) is 16.5 Å². The van der Waals surface area contributed by atoms with Gasteiger partial charge in [0, 0.05) is 23.8 Å². The third kappa shape index (κ3) is 5.20. The zero-order valence-electron chi connectivity index (χ0n) is 15.2. The number of esters is 1. The van der Waals surface area contributed by atoms with Gasteiger partial charge in [0.25, 0.3) is 5.69 Å². The predicted octanol–water partition coefficient (Wildman–Crippen LogP) is 4.67. The maximum Gasteiger partial charge on any atom is 0.331 e. The number of nitro benzene ring substituents is 1. The van der Waals surface area contributed by atoms with Gasteiger partial charge < -0.3 is 14.0 Å². The molecule has 0 fully saturated rings. The molecule has 0 amide bonds. The Bertz CT molecular complexity index is 1060. The summed E-state index contributed by atoms with van der Waals surface area (Å²) in [7, 11) is 1.58. The van der Waals surface area contributed by atoms with Crippen molar-refractivity contribution in [1.82, 2.24) is 5.16 Å². The van der Waals surface area contributed by atoms with Crippen LogP contribution < -0.4 is 4.74 Å². The minimum Gasteiger partial charge on any atom is -0.497 e. The van der Waals surface area contributed by atoms with Crippen LogP contribution in [0, 0.1) is 10.1 Å². The van der Waals surface area contributed by atoms with Crippen molar-refractivity contribution in [3.05, 3.63) is 81.1 Å². The summed E-state index contributed by atoms with van der Waals surface area (Å²) in [4.78, 5) is 22.2. The van der Waals surface area contributed by atoms with E-state index in [0.717, 1.165) is 17.4 Å². The lowest BCUT2D eigenvalue weighted by Gasteiger charge is -1.99. The Hall–Kier alpha value is -3.65. The Kier molecular flexibility index (Phi) is 6.25. The second kappa shape index (κ2) is 9.03. The van der Waals surface area contributed by atoms with E-state index in [1.807, 2.05) is 12.1 Å². The summed E-state index contributed by atoms with van der Waals surface area (Å²) < 4.78 is 15.4. The Balaban J connectivity index is 1.58. The van der Waals surface area contributed by atoms with Gasteiger partial charge in [-0.1, -0.05) is 22.8 Å². The molecule has 0 radical (unpaired) electrons. The number of ether oxygens (including phenoxy) is 2. The molecule has 0 saturated carbocycles. The van der Waals surface area contributed by atoms with Crippen LogP contribution in [0.1, 0.15) is 11.3 Å². The van der Waals surface area contributed by atoms with Crippen LogP contribution in [0.15, 0.2) is 59.1 Å². The summed E-state index contributed by atoms with van der Waals surface area (Å²) in [6.07, 6.45) is 2.56. The first-order chi connectivity index (χ1) is 14.0. The van der Waals surface area contributed by atoms with Crippen LogP contribution in [0.4, 0.5) is 5.69 Å². The fraction of sp³-hybridized carbons (Fsp3) is 0.100. The standard InChI is InChI=1S/C20H15ClN2O6/c1-27-15-6-4-14(5-7-15)18-11-16(29-22-18)12-28-20(24)9-3-13-2-8-17(21)19(10-13)23(25)26/h2-11H,12H2,1H3. The summed E-state index contributed by atoms with van der Waals surface area (Å²) in [6.45, 7) is -0.104. The highest BCUT2D eigenvalue weighted by Gasteiger charge is 2.12. The molecule has 9 heteroatoms. The molecule has 8 nitrogen and oxygen atoms in total. The lowest BCUT2D eigenvalue weighted by molar-refractivity contribution is -0.384. The van der Waals surface area contributed by atoms with E-state index in [4.69, 9.17) is 25.6 Å². The third-order valence-electron chi connectivity index (χ3n) is 3.88. The van der Waals surface area contributed by atoms with E-state index >= 15 is 0 Å². The quantitative estimate of drug-likeness (QED) is 0.239. The predicted molar refractivity (Wildman–Crippen MR) is 105 cm³/mol. The Morgan fingerprint density at radius 1 is 1.24 bits per heavy atom. The smallest absolute Gasteiger partial charge is 0.331 e. The van der Waals surface area contributed by atoms with Crippen molar-refractivity contribution in [3.63, 3.8) is 0 Å². The van der Waals surface area contributed by atoms with Gasteiger partial charge in [0.2, 0.25) is 0 Å². The molecule has 0 unspecified atom stereocenters. The SMILES string of the molecule is COc1ccc(-c2cc(COC(=O)C=Cc3ccc(Cl)c([N+](=O)[O-])c3)on2)cc1. The van der Waals surface area contributed by atoms with Crippen molar-refractivity contribution in [2.45, 2.75) is 6.61 Å². The number of carbonyl (C=O) groups is 1. The van der Waals surface area contributed by atoms with E-state index in [0.29, 0.717) is 17.0 Å². The van der Waals surface area contributed by atoms with Crippen LogP contribution in [-0.2, 0) is 16.1 Å². The van der Waals surface area contributed by atoms with E-state index in [2.05, 4.69) is 5.16 Å². The van der Waals surface area contributed by atoms with Gasteiger partial charge in [0.15, 0.2) is 12.4 Å². The van der Waals surface area contributed by atoms with Crippen molar-refractivity contribution in [2.24, 2.45) is 0 Å². The van der Waals surface area contributed by atoms with Crippen molar-refractivity contribution in [3.8, 4) is 17.0 Å². The van der Waals surface area contributed by atoms with Gasteiger partial charge in [-0.3, -0.25) is 10.1 Å². The monoisotopic (exact) mass is 414 g/mol. The second-order valence-electron chi connectivity index (χ2n) is 5.82. The lowest BCUT2D eigenvalue weighted by atomic mass is 10.1. The van der Waals surface area contributed by atoms with Crippen LogP contribution in [0.5, 0.6) is 5.75 Å². The topological polar surface area (TPSA) is 105 Å². The molecule has 0 atom stereocenters. The van der Waals surface area contributed by atoms with E-state index in [-0.39, 0.29) is 17.3 Å². The largest absolute Gasteiger partial charge is 0.497 e. The van der Waals surface area contributed by atoms with Crippen LogP contribution in [0.3, 0.4) is 0 Å². The van der Waals surface area contributed by atoms with Crippen LogP contribution in [-0.4, -0.2) is 23.2 Å². The first kappa shape index (κ1) is 20.1. The highest BCUT2D eigenvalue weighted by molar-refractivity contribution is 6.32. The summed E-state index contributed by atoms with van der Waals surface area (Å²) in [5.41, 5.74) is 1.63. The molecular weight excluding hydrogens is 400 g/mol. The summed E-state index contributed by atoms with van der Waals surface area (Å²) in [5.74, 6) is 0.467. The average molecular weight is 415 g/mol. The minimum absolute atomic E-state index is 0.0210. The van der Waals surface area contributed by atoms with Crippen LogP contribution >= 0.6 is 11.6 Å². The number of benzene rings is 2. The highest BCUT2D eigenvalue weighted by atomic mass is 35.5. The van der Waals surface area contributed by atoms with E-state index < -0.39 is 10.9 Å². The summed E-state index contributed by atoms with van der Waals surface area (Å²) in [6, 6.07) is 13.1. The minimum atomic E-state index is -0.634. The molecule has 0 N–H and O–H groups in total. The highest BCUT2D eigenvalue weighted by Crippen LogP contribution is 2.26. The van der Waals surface area contributed by atoms with E-state index in [1.54, 1.807) is 31.4 Å². The lowest BCUT2D eigenvalue weighted by Crippen LogP contribution is -1.99. The van der Waals surface area contributed by atoms with Crippen molar-refractivity contribution >= 4 is 29.3 Å². The van der Waals surface area contributed by atoms with Crippen LogP contribution in [0.25, 0.3) is 17.3 Å². The number of methoxy groups -OCH3 is 1. The van der Waals surface area contributed by atoms with Crippen molar-refractivity contribution < 1.29 is 23.7 Å². The molecule has 1 aromatic heterocycles. The van der Waals surface area contributed by atoms with Gasteiger partial charge in [0.05, 0.1) is 12.0 Å². The summed E-state index contributed by atoms with van der Waals surface area (Å²) in [5, 5.41) is 14.9. The molecule has 2 aromatic carbocycles. The third-order valence-corrected chi connectivity index (χ3v) is 4.20. The first-order valence-electron chi connectivity index (χ1n) is 8.35. The second-order valence-corrected chi connectivity index (χ2v) is 6.22. The number of nitrogens with zero attached hydrogens (tertiary/aromatic N) is 2.